The molecule has 1 fully saturated rings. The lowest BCUT2D eigenvalue weighted by atomic mass is 9.65. The predicted octanol–water partition coefficient (Wildman–Crippen LogP) is 5.18. The molecular formula is C20H24N2. The molecule has 1 aromatic rings. The van der Waals surface area contributed by atoms with E-state index in [0.29, 0.717) is 5.92 Å². The highest BCUT2D eigenvalue weighted by atomic mass is 15.2. The first-order valence-electron chi connectivity index (χ1n) is 8.82. The van der Waals surface area contributed by atoms with E-state index in [2.05, 4.69) is 41.3 Å². The van der Waals surface area contributed by atoms with Crippen molar-refractivity contribution in [1.82, 2.24) is 0 Å². The second kappa shape index (κ2) is 5.47. The van der Waals surface area contributed by atoms with Gasteiger partial charge in [0.2, 0.25) is 0 Å². The molecule has 22 heavy (non-hydrogen) atoms. The molecule has 3 aliphatic rings. The van der Waals surface area contributed by atoms with E-state index in [1.807, 2.05) is 0 Å². The molecule has 1 aromatic carbocycles. The van der Waals surface area contributed by atoms with Crippen LogP contribution >= 0.6 is 0 Å². The minimum Gasteiger partial charge on any atom is -0.326 e. The molecule has 1 heterocycles. The molecule has 0 radical (unpaired) electrons. The van der Waals surface area contributed by atoms with Crippen molar-refractivity contribution >= 4 is 5.69 Å². The van der Waals surface area contributed by atoms with Crippen molar-refractivity contribution in [3.8, 4) is 6.07 Å². The van der Waals surface area contributed by atoms with E-state index in [-0.39, 0.29) is 5.54 Å². The maximum atomic E-state index is 10.2. The average Bonchev–Trinajstić information content (AvgIpc) is 2.60. The van der Waals surface area contributed by atoms with Gasteiger partial charge in [0.1, 0.15) is 5.54 Å². The fourth-order valence-electron chi connectivity index (χ4n) is 4.93. The summed E-state index contributed by atoms with van der Waals surface area (Å²) in [5, 5.41) is 10.2. The zero-order valence-electron chi connectivity index (χ0n) is 13.2. The fraction of sp³-hybridized carbons (Fsp3) is 0.550. The third-order valence-electron chi connectivity index (χ3n) is 5.96. The van der Waals surface area contributed by atoms with E-state index in [1.165, 1.54) is 56.3 Å². The highest BCUT2D eigenvalue weighted by molar-refractivity contribution is 5.60. The fourth-order valence-corrected chi connectivity index (χ4v) is 4.93. The summed E-state index contributed by atoms with van der Waals surface area (Å²) in [6, 6.07) is 13.5. The van der Waals surface area contributed by atoms with Gasteiger partial charge in [0.25, 0.3) is 0 Å². The third-order valence-corrected chi connectivity index (χ3v) is 5.96. The summed E-state index contributed by atoms with van der Waals surface area (Å²) in [4.78, 5) is 2.47. The average molecular weight is 292 g/mol. The summed E-state index contributed by atoms with van der Waals surface area (Å²) >= 11 is 0. The molecule has 2 atom stereocenters. The van der Waals surface area contributed by atoms with Crippen LogP contribution in [0.2, 0.25) is 0 Å². The molecule has 1 aliphatic heterocycles. The molecule has 0 bridgehead atoms. The second-order valence-corrected chi connectivity index (χ2v) is 7.11. The van der Waals surface area contributed by atoms with Gasteiger partial charge < -0.3 is 4.90 Å². The highest BCUT2D eigenvalue weighted by Gasteiger charge is 2.50. The normalized spacial score (nSPS) is 31.2. The summed E-state index contributed by atoms with van der Waals surface area (Å²) in [5.74, 6) is 0.517. The van der Waals surface area contributed by atoms with Gasteiger partial charge in [0.15, 0.2) is 0 Å². The molecule has 0 saturated heterocycles. The van der Waals surface area contributed by atoms with Crippen molar-refractivity contribution in [2.75, 3.05) is 4.90 Å². The van der Waals surface area contributed by atoms with Crippen LogP contribution in [-0.4, -0.2) is 5.54 Å². The number of para-hydroxylation sites is 1. The van der Waals surface area contributed by atoms with Crippen LogP contribution in [0.3, 0.4) is 0 Å². The SMILES string of the molecule is N#CC12CCCCC1CC1=C(CCCC1)N2c1ccccc1. The maximum absolute atomic E-state index is 10.2. The Hall–Kier alpha value is -1.75. The standard InChI is InChI=1S/C20H24N2/c21-15-20-13-7-6-9-17(20)14-16-8-4-5-12-19(16)22(20)18-10-2-1-3-11-18/h1-3,10-11,17H,4-9,12-14H2. The smallest absolute Gasteiger partial charge is 0.135 e. The molecule has 114 valence electrons. The van der Waals surface area contributed by atoms with Crippen LogP contribution in [0.5, 0.6) is 0 Å². The molecular weight excluding hydrogens is 268 g/mol. The van der Waals surface area contributed by atoms with Crippen molar-refractivity contribution in [3.63, 3.8) is 0 Å². The topological polar surface area (TPSA) is 27.0 Å². The Balaban J connectivity index is 1.89. The van der Waals surface area contributed by atoms with E-state index in [9.17, 15) is 5.26 Å². The zero-order chi connectivity index (χ0) is 15.0. The van der Waals surface area contributed by atoms with Crippen LogP contribution in [0.4, 0.5) is 5.69 Å². The summed E-state index contributed by atoms with van der Waals surface area (Å²) in [6.45, 7) is 0. The van der Waals surface area contributed by atoms with Gasteiger partial charge in [-0.2, -0.15) is 5.26 Å². The van der Waals surface area contributed by atoms with Gasteiger partial charge in [-0.15, -0.1) is 0 Å². The van der Waals surface area contributed by atoms with Crippen LogP contribution < -0.4 is 4.90 Å². The van der Waals surface area contributed by atoms with Crippen LogP contribution in [0.15, 0.2) is 41.6 Å². The monoisotopic (exact) mass is 292 g/mol. The minimum absolute atomic E-state index is 0.296. The summed E-state index contributed by atoms with van der Waals surface area (Å²) in [5.41, 5.74) is 4.06. The number of rotatable bonds is 1. The van der Waals surface area contributed by atoms with Crippen molar-refractivity contribution in [2.24, 2.45) is 5.92 Å². The Bertz CT molecular complexity index is 625. The molecule has 1 saturated carbocycles. The van der Waals surface area contributed by atoms with Crippen molar-refractivity contribution < 1.29 is 0 Å². The molecule has 2 heteroatoms. The molecule has 4 rings (SSSR count). The Kier molecular flexibility index (Phi) is 3.45. The largest absolute Gasteiger partial charge is 0.326 e. The first kappa shape index (κ1) is 13.9. The summed E-state index contributed by atoms with van der Waals surface area (Å²) < 4.78 is 0. The van der Waals surface area contributed by atoms with Crippen LogP contribution in [0.1, 0.15) is 57.8 Å². The third kappa shape index (κ3) is 1.99. The summed E-state index contributed by atoms with van der Waals surface area (Å²) in [7, 11) is 0. The molecule has 2 unspecified atom stereocenters. The van der Waals surface area contributed by atoms with E-state index in [4.69, 9.17) is 0 Å². The minimum atomic E-state index is -0.296. The van der Waals surface area contributed by atoms with Crippen LogP contribution in [0.25, 0.3) is 0 Å². The lowest BCUT2D eigenvalue weighted by Gasteiger charge is -2.53. The lowest BCUT2D eigenvalue weighted by molar-refractivity contribution is 0.216. The quantitative estimate of drug-likeness (QED) is 0.713. The molecule has 0 spiro atoms. The van der Waals surface area contributed by atoms with Crippen molar-refractivity contribution in [1.29, 1.82) is 5.26 Å². The molecule has 2 aliphatic carbocycles. The number of benzene rings is 1. The van der Waals surface area contributed by atoms with Gasteiger partial charge in [-0.1, -0.05) is 30.2 Å². The van der Waals surface area contributed by atoms with E-state index < -0.39 is 0 Å². The van der Waals surface area contributed by atoms with Gasteiger partial charge in [0, 0.05) is 11.4 Å². The maximum Gasteiger partial charge on any atom is 0.135 e. The molecule has 0 N–H and O–H groups in total. The first-order valence-corrected chi connectivity index (χ1v) is 8.82. The van der Waals surface area contributed by atoms with Gasteiger partial charge in [0.05, 0.1) is 6.07 Å². The molecule has 0 aromatic heterocycles. The number of fused-ring (bicyclic) bond motifs is 1. The van der Waals surface area contributed by atoms with E-state index in [0.717, 1.165) is 12.8 Å². The Morgan fingerprint density at radius 2 is 1.86 bits per heavy atom. The van der Waals surface area contributed by atoms with Crippen LogP contribution in [0, 0.1) is 17.2 Å². The number of nitrogens with zero attached hydrogens (tertiary/aromatic N) is 2. The van der Waals surface area contributed by atoms with E-state index >= 15 is 0 Å². The van der Waals surface area contributed by atoms with Gasteiger partial charge in [-0.3, -0.25) is 0 Å². The molecule has 2 nitrogen and oxygen atoms in total. The van der Waals surface area contributed by atoms with E-state index in [1.54, 1.807) is 5.57 Å². The number of hydrogen-bond acceptors (Lipinski definition) is 2. The molecule has 0 amide bonds. The zero-order valence-corrected chi connectivity index (χ0v) is 13.2. The summed E-state index contributed by atoms with van der Waals surface area (Å²) in [6.07, 6.45) is 10.9. The first-order chi connectivity index (χ1) is 10.8. The number of allylic oxidation sites excluding steroid dienone is 2. The van der Waals surface area contributed by atoms with Gasteiger partial charge in [-0.25, -0.2) is 0 Å². The van der Waals surface area contributed by atoms with Crippen LogP contribution in [-0.2, 0) is 0 Å². The van der Waals surface area contributed by atoms with Crippen molar-refractivity contribution in [3.05, 3.63) is 41.6 Å². The Labute approximate surface area is 133 Å². The van der Waals surface area contributed by atoms with Gasteiger partial charge in [-0.05, 0) is 69.4 Å². The van der Waals surface area contributed by atoms with Crippen molar-refractivity contribution in [2.45, 2.75) is 63.3 Å². The number of hydrogen-bond donors (Lipinski definition) is 0. The van der Waals surface area contributed by atoms with Gasteiger partial charge >= 0.3 is 0 Å². The number of nitriles is 1. The highest BCUT2D eigenvalue weighted by Crippen LogP contribution is 2.51. The second-order valence-electron chi connectivity index (χ2n) is 7.11. The Morgan fingerprint density at radius 1 is 1.05 bits per heavy atom. The number of anilines is 1. The Morgan fingerprint density at radius 3 is 2.68 bits per heavy atom. The lowest BCUT2D eigenvalue weighted by Crippen LogP contribution is -2.57. The predicted molar refractivity (Wildman–Crippen MR) is 89.3 cm³/mol.